The van der Waals surface area contributed by atoms with E-state index in [0.717, 1.165) is 11.8 Å². The van der Waals surface area contributed by atoms with Gasteiger partial charge in [0.1, 0.15) is 5.75 Å². The zero-order chi connectivity index (χ0) is 22.1. The van der Waals surface area contributed by atoms with Gasteiger partial charge in [-0.15, -0.1) is 0 Å². The molecule has 0 fully saturated rings. The standard InChI is InChI=1S/C21H20ClNO6S/c1-12-15(10-13-4-6-14(7-5-13)30(3,26)27)21(25)19-17(29-11-18(24)28-2)9-8-16(22)20(19)23-12/h4-9H,10-11H2,1-3H3,(H,23,25). The summed E-state index contributed by atoms with van der Waals surface area (Å²) in [6.07, 6.45) is 1.42. The van der Waals surface area contributed by atoms with Gasteiger partial charge in [-0.3, -0.25) is 4.79 Å². The summed E-state index contributed by atoms with van der Waals surface area (Å²) in [5.41, 5.74) is 2.02. The Morgan fingerprint density at radius 1 is 1.13 bits per heavy atom. The van der Waals surface area contributed by atoms with Gasteiger partial charge in [-0.2, -0.15) is 0 Å². The smallest absolute Gasteiger partial charge is 0.343 e. The zero-order valence-corrected chi connectivity index (χ0v) is 18.2. The molecule has 30 heavy (non-hydrogen) atoms. The van der Waals surface area contributed by atoms with Crippen molar-refractivity contribution >= 4 is 38.3 Å². The van der Waals surface area contributed by atoms with Crippen molar-refractivity contribution in [2.45, 2.75) is 18.2 Å². The van der Waals surface area contributed by atoms with Crippen molar-refractivity contribution in [3.05, 3.63) is 68.5 Å². The monoisotopic (exact) mass is 449 g/mol. The molecular weight excluding hydrogens is 430 g/mol. The minimum Gasteiger partial charge on any atom is -0.481 e. The van der Waals surface area contributed by atoms with Gasteiger partial charge in [0.2, 0.25) is 0 Å². The highest BCUT2D eigenvalue weighted by Gasteiger charge is 2.17. The van der Waals surface area contributed by atoms with Gasteiger partial charge in [0.25, 0.3) is 0 Å². The summed E-state index contributed by atoms with van der Waals surface area (Å²) in [4.78, 5) is 28.1. The maximum Gasteiger partial charge on any atom is 0.343 e. The number of nitrogens with one attached hydrogen (secondary N) is 1. The first kappa shape index (κ1) is 21.9. The molecule has 0 amide bonds. The van der Waals surface area contributed by atoms with E-state index in [0.29, 0.717) is 21.8 Å². The predicted molar refractivity (Wildman–Crippen MR) is 114 cm³/mol. The Kier molecular flexibility index (Phi) is 6.19. The molecule has 0 saturated carbocycles. The van der Waals surface area contributed by atoms with Gasteiger partial charge < -0.3 is 14.5 Å². The number of rotatable bonds is 6. The molecule has 1 N–H and O–H groups in total. The van der Waals surface area contributed by atoms with Crippen molar-refractivity contribution < 1.29 is 22.7 Å². The van der Waals surface area contributed by atoms with Gasteiger partial charge in [0.05, 0.1) is 27.9 Å². The Balaban J connectivity index is 2.07. The van der Waals surface area contributed by atoms with E-state index in [4.69, 9.17) is 16.3 Å². The third-order valence-corrected chi connectivity index (χ3v) is 6.13. The fourth-order valence-electron chi connectivity index (χ4n) is 3.08. The van der Waals surface area contributed by atoms with E-state index in [1.807, 2.05) is 0 Å². The summed E-state index contributed by atoms with van der Waals surface area (Å²) < 4.78 is 33.3. The lowest BCUT2D eigenvalue weighted by atomic mass is 10.0. The normalized spacial score (nSPS) is 11.5. The molecule has 0 spiro atoms. The van der Waals surface area contributed by atoms with E-state index in [2.05, 4.69) is 9.72 Å². The summed E-state index contributed by atoms with van der Waals surface area (Å²) in [6, 6.07) is 9.48. The second-order valence-electron chi connectivity index (χ2n) is 6.81. The number of hydrogen-bond donors (Lipinski definition) is 1. The molecule has 158 valence electrons. The molecule has 2 aromatic carbocycles. The van der Waals surface area contributed by atoms with E-state index in [1.165, 1.54) is 25.3 Å². The van der Waals surface area contributed by atoms with E-state index in [1.54, 1.807) is 25.1 Å². The molecule has 0 aliphatic rings. The van der Waals surface area contributed by atoms with E-state index in [-0.39, 0.29) is 34.5 Å². The molecule has 1 aromatic heterocycles. The van der Waals surface area contributed by atoms with Crippen LogP contribution < -0.4 is 10.2 Å². The Morgan fingerprint density at radius 3 is 2.40 bits per heavy atom. The summed E-state index contributed by atoms with van der Waals surface area (Å²) >= 11 is 6.26. The van der Waals surface area contributed by atoms with Crippen LogP contribution in [0.2, 0.25) is 5.02 Å². The SMILES string of the molecule is COC(=O)COc1ccc(Cl)c2[nH]c(C)c(Cc3ccc(S(C)(=O)=O)cc3)c(=O)c12. The Bertz CT molecular complexity index is 1280. The van der Waals surface area contributed by atoms with Crippen LogP contribution in [0.4, 0.5) is 0 Å². The van der Waals surface area contributed by atoms with Crippen LogP contribution in [-0.4, -0.2) is 39.3 Å². The second-order valence-corrected chi connectivity index (χ2v) is 9.23. The summed E-state index contributed by atoms with van der Waals surface area (Å²) in [7, 11) is -2.06. The largest absolute Gasteiger partial charge is 0.481 e. The van der Waals surface area contributed by atoms with Crippen molar-refractivity contribution in [3.63, 3.8) is 0 Å². The molecule has 1 heterocycles. The van der Waals surface area contributed by atoms with Crippen LogP contribution in [-0.2, 0) is 25.8 Å². The molecule has 0 aliphatic heterocycles. The van der Waals surface area contributed by atoms with Gasteiger partial charge in [0, 0.05) is 23.9 Å². The number of sulfone groups is 1. The molecule has 0 atom stereocenters. The first-order chi connectivity index (χ1) is 14.1. The van der Waals surface area contributed by atoms with Crippen LogP contribution in [0.15, 0.2) is 46.1 Å². The molecule has 0 radical (unpaired) electrons. The van der Waals surface area contributed by atoms with Gasteiger partial charge in [0.15, 0.2) is 21.9 Å². The van der Waals surface area contributed by atoms with Crippen LogP contribution in [0.3, 0.4) is 0 Å². The van der Waals surface area contributed by atoms with Crippen LogP contribution in [0.5, 0.6) is 5.75 Å². The number of halogens is 1. The number of hydrogen-bond acceptors (Lipinski definition) is 6. The van der Waals surface area contributed by atoms with Crippen LogP contribution in [0.1, 0.15) is 16.8 Å². The van der Waals surface area contributed by atoms with Gasteiger partial charge >= 0.3 is 5.97 Å². The van der Waals surface area contributed by atoms with Crippen LogP contribution in [0.25, 0.3) is 10.9 Å². The number of H-pyrrole nitrogens is 1. The fraction of sp³-hybridized carbons (Fsp3) is 0.238. The quantitative estimate of drug-likeness (QED) is 0.580. The average molecular weight is 450 g/mol. The minimum atomic E-state index is -3.30. The zero-order valence-electron chi connectivity index (χ0n) is 16.6. The van der Waals surface area contributed by atoms with Crippen molar-refractivity contribution in [1.82, 2.24) is 4.98 Å². The Labute approximate surface area is 178 Å². The first-order valence-corrected chi connectivity index (χ1v) is 11.2. The number of aromatic amines is 1. The second kappa shape index (κ2) is 8.49. The highest BCUT2D eigenvalue weighted by molar-refractivity contribution is 7.90. The Hall–Kier alpha value is -2.84. The molecule has 7 nitrogen and oxygen atoms in total. The third kappa shape index (κ3) is 4.49. The molecule has 9 heteroatoms. The predicted octanol–water partition coefficient (Wildman–Crippen LogP) is 3.04. The summed E-state index contributed by atoms with van der Waals surface area (Å²) in [5, 5.41) is 0.583. The van der Waals surface area contributed by atoms with Crippen LogP contribution in [0, 0.1) is 6.92 Å². The van der Waals surface area contributed by atoms with E-state index >= 15 is 0 Å². The van der Waals surface area contributed by atoms with Gasteiger partial charge in [-0.25, -0.2) is 13.2 Å². The number of esters is 1. The lowest BCUT2D eigenvalue weighted by Crippen LogP contribution is -2.17. The molecule has 3 aromatic rings. The van der Waals surface area contributed by atoms with Crippen molar-refractivity contribution in [3.8, 4) is 5.75 Å². The average Bonchev–Trinajstić information content (AvgIpc) is 2.70. The number of carbonyl (C=O) groups is 1. The Morgan fingerprint density at radius 2 is 1.80 bits per heavy atom. The topological polar surface area (TPSA) is 103 Å². The number of ether oxygens (including phenoxy) is 2. The van der Waals surface area contributed by atoms with Crippen LogP contribution >= 0.6 is 11.6 Å². The lowest BCUT2D eigenvalue weighted by molar-refractivity contribution is -0.142. The molecule has 0 unspecified atom stereocenters. The summed E-state index contributed by atoms with van der Waals surface area (Å²) in [5.74, 6) is -0.359. The van der Waals surface area contributed by atoms with Crippen molar-refractivity contribution in [2.75, 3.05) is 20.0 Å². The fourth-order valence-corrected chi connectivity index (χ4v) is 3.91. The van der Waals surface area contributed by atoms with Crippen molar-refractivity contribution in [1.29, 1.82) is 0 Å². The number of aromatic nitrogens is 1. The number of benzene rings is 2. The first-order valence-electron chi connectivity index (χ1n) is 8.94. The van der Waals surface area contributed by atoms with E-state index in [9.17, 15) is 18.0 Å². The molecule has 0 aliphatic carbocycles. The third-order valence-electron chi connectivity index (χ3n) is 4.69. The number of fused-ring (bicyclic) bond motifs is 1. The number of methoxy groups -OCH3 is 1. The molecule has 3 rings (SSSR count). The molecule has 0 saturated heterocycles. The van der Waals surface area contributed by atoms with Gasteiger partial charge in [-0.1, -0.05) is 23.7 Å². The van der Waals surface area contributed by atoms with Gasteiger partial charge in [-0.05, 0) is 36.8 Å². The highest BCUT2D eigenvalue weighted by Crippen LogP contribution is 2.29. The lowest BCUT2D eigenvalue weighted by Gasteiger charge is -2.13. The summed E-state index contributed by atoms with van der Waals surface area (Å²) in [6.45, 7) is 1.42. The maximum atomic E-state index is 13.3. The highest BCUT2D eigenvalue weighted by atomic mass is 35.5. The number of pyridine rings is 1. The minimum absolute atomic E-state index is 0.209. The van der Waals surface area contributed by atoms with Crippen molar-refractivity contribution in [2.24, 2.45) is 0 Å². The molecular formula is C21H20ClNO6S. The number of carbonyl (C=O) groups excluding carboxylic acids is 1. The molecule has 0 bridgehead atoms. The maximum absolute atomic E-state index is 13.3. The number of aryl methyl sites for hydroxylation is 1. The van der Waals surface area contributed by atoms with E-state index < -0.39 is 15.8 Å².